The summed E-state index contributed by atoms with van der Waals surface area (Å²) in [6, 6.07) is 7.88. The molecule has 5 heteroatoms. The maximum atomic E-state index is 11.9. The first-order chi connectivity index (χ1) is 9.74. The van der Waals surface area contributed by atoms with Crippen molar-refractivity contribution < 1.29 is 14.4 Å². The summed E-state index contributed by atoms with van der Waals surface area (Å²) in [5.41, 5.74) is 3.13. The Bertz CT molecular complexity index is 587. The zero-order chi connectivity index (χ0) is 13.9. The lowest BCUT2D eigenvalue weighted by Gasteiger charge is -2.25. The molecule has 1 aromatic rings. The third-order valence-corrected chi connectivity index (χ3v) is 3.34. The smallest absolute Gasteiger partial charge is 0.369 e. The zero-order valence-corrected chi connectivity index (χ0v) is 11.3. The van der Waals surface area contributed by atoms with Crippen LogP contribution in [0.2, 0.25) is 0 Å². The highest BCUT2D eigenvalue weighted by Gasteiger charge is 2.28. The molecule has 0 saturated carbocycles. The van der Waals surface area contributed by atoms with Crippen molar-refractivity contribution in [3.8, 4) is 0 Å². The molecule has 2 heterocycles. The van der Waals surface area contributed by atoms with E-state index in [9.17, 15) is 4.79 Å². The number of aryl methyl sites for hydroxylation is 1. The van der Waals surface area contributed by atoms with E-state index in [1.165, 1.54) is 0 Å². The predicted molar refractivity (Wildman–Crippen MR) is 74.3 cm³/mol. The molecule has 2 aliphatic rings. The van der Waals surface area contributed by atoms with E-state index < -0.39 is 5.97 Å². The Morgan fingerprint density at radius 2 is 2.10 bits per heavy atom. The second-order valence-corrected chi connectivity index (χ2v) is 4.88. The monoisotopic (exact) mass is 272 g/mol. The molecule has 1 aromatic carbocycles. The summed E-state index contributed by atoms with van der Waals surface area (Å²) in [5.74, 6) is -0.395. The van der Waals surface area contributed by atoms with Crippen LogP contribution in [-0.4, -0.2) is 42.9 Å². The number of oxime groups is 1. The van der Waals surface area contributed by atoms with Crippen LogP contribution in [0.25, 0.3) is 0 Å². The van der Waals surface area contributed by atoms with Gasteiger partial charge < -0.3 is 14.5 Å². The van der Waals surface area contributed by atoms with Crippen molar-refractivity contribution in [1.29, 1.82) is 0 Å². The Morgan fingerprint density at radius 1 is 1.30 bits per heavy atom. The van der Waals surface area contributed by atoms with Crippen molar-refractivity contribution in [2.75, 3.05) is 26.3 Å². The standard InChI is InChI=1S/C15H16N2O3/c1-11-3-2-4-12(9-11)14-13(15(18)20-16-14)10-17-5-7-19-8-6-17/h2-4,9-10H,5-8H2,1H3/b13-10-. The normalized spacial score (nSPS) is 21.1. The van der Waals surface area contributed by atoms with Gasteiger partial charge in [0.1, 0.15) is 11.3 Å². The zero-order valence-electron chi connectivity index (χ0n) is 11.3. The van der Waals surface area contributed by atoms with Crippen LogP contribution in [0.5, 0.6) is 0 Å². The first kappa shape index (κ1) is 12.9. The van der Waals surface area contributed by atoms with Crippen molar-refractivity contribution in [2.24, 2.45) is 5.16 Å². The lowest BCUT2D eigenvalue weighted by Crippen LogP contribution is -2.33. The molecule has 3 rings (SSSR count). The van der Waals surface area contributed by atoms with Gasteiger partial charge in [-0.2, -0.15) is 0 Å². The summed E-state index contributed by atoms with van der Waals surface area (Å²) in [4.78, 5) is 18.8. The molecule has 1 fully saturated rings. The van der Waals surface area contributed by atoms with E-state index in [4.69, 9.17) is 9.57 Å². The Kier molecular flexibility index (Phi) is 3.52. The minimum atomic E-state index is -0.395. The van der Waals surface area contributed by atoms with Gasteiger partial charge in [0.05, 0.1) is 13.2 Å². The Hall–Kier alpha value is -2.14. The molecule has 0 atom stereocenters. The lowest BCUT2D eigenvalue weighted by atomic mass is 10.0. The van der Waals surface area contributed by atoms with Gasteiger partial charge in [0.2, 0.25) is 0 Å². The van der Waals surface area contributed by atoms with Gasteiger partial charge >= 0.3 is 5.97 Å². The van der Waals surface area contributed by atoms with Gasteiger partial charge in [0, 0.05) is 24.9 Å². The molecule has 0 bridgehead atoms. The molecule has 0 amide bonds. The Morgan fingerprint density at radius 3 is 2.85 bits per heavy atom. The van der Waals surface area contributed by atoms with E-state index in [1.807, 2.05) is 37.4 Å². The van der Waals surface area contributed by atoms with E-state index in [0.29, 0.717) is 24.5 Å². The van der Waals surface area contributed by atoms with Crippen LogP contribution >= 0.6 is 0 Å². The summed E-state index contributed by atoms with van der Waals surface area (Å²) >= 11 is 0. The second-order valence-electron chi connectivity index (χ2n) is 4.88. The maximum Gasteiger partial charge on any atom is 0.369 e. The van der Waals surface area contributed by atoms with Crippen molar-refractivity contribution in [2.45, 2.75) is 6.92 Å². The third-order valence-electron chi connectivity index (χ3n) is 3.34. The average Bonchev–Trinajstić information content (AvgIpc) is 2.82. The van der Waals surface area contributed by atoms with Gasteiger partial charge in [-0.25, -0.2) is 4.79 Å². The van der Waals surface area contributed by atoms with Crippen molar-refractivity contribution in [3.05, 3.63) is 47.2 Å². The largest absolute Gasteiger partial charge is 0.378 e. The molecule has 0 spiro atoms. The van der Waals surface area contributed by atoms with Crippen molar-refractivity contribution in [3.63, 3.8) is 0 Å². The number of carbonyl (C=O) groups excluding carboxylic acids is 1. The van der Waals surface area contributed by atoms with Crippen molar-refractivity contribution in [1.82, 2.24) is 4.90 Å². The van der Waals surface area contributed by atoms with E-state index >= 15 is 0 Å². The van der Waals surface area contributed by atoms with Crippen LogP contribution in [0.15, 0.2) is 41.2 Å². The van der Waals surface area contributed by atoms with Crippen LogP contribution < -0.4 is 0 Å². The van der Waals surface area contributed by atoms with Gasteiger partial charge in [0.25, 0.3) is 0 Å². The summed E-state index contributed by atoms with van der Waals surface area (Å²) in [5, 5.41) is 3.92. The number of ether oxygens (including phenoxy) is 1. The van der Waals surface area contributed by atoms with Crippen LogP contribution in [-0.2, 0) is 14.4 Å². The molecule has 0 radical (unpaired) electrons. The van der Waals surface area contributed by atoms with Gasteiger partial charge in [-0.3, -0.25) is 0 Å². The Balaban J connectivity index is 1.90. The molecular formula is C15H16N2O3. The second kappa shape index (κ2) is 5.46. The van der Waals surface area contributed by atoms with Crippen LogP contribution in [0, 0.1) is 6.92 Å². The van der Waals surface area contributed by atoms with Gasteiger partial charge in [-0.05, 0) is 13.0 Å². The van der Waals surface area contributed by atoms with E-state index in [-0.39, 0.29) is 0 Å². The van der Waals surface area contributed by atoms with Crippen LogP contribution in [0.3, 0.4) is 0 Å². The highest BCUT2D eigenvalue weighted by Crippen LogP contribution is 2.19. The van der Waals surface area contributed by atoms with E-state index in [1.54, 1.807) is 0 Å². The molecule has 0 N–H and O–H groups in total. The summed E-state index contributed by atoms with van der Waals surface area (Å²) < 4.78 is 5.30. The number of nitrogens with zero attached hydrogens (tertiary/aromatic N) is 2. The van der Waals surface area contributed by atoms with Gasteiger partial charge in [-0.15, -0.1) is 0 Å². The molecule has 0 aromatic heterocycles. The minimum absolute atomic E-state index is 0.395. The van der Waals surface area contributed by atoms with Crippen LogP contribution in [0.1, 0.15) is 11.1 Å². The first-order valence-electron chi connectivity index (χ1n) is 6.64. The molecule has 1 saturated heterocycles. The predicted octanol–water partition coefficient (Wildman–Crippen LogP) is 1.47. The maximum absolute atomic E-state index is 11.9. The summed E-state index contributed by atoms with van der Waals surface area (Å²) in [6.07, 6.45) is 1.83. The number of hydrogen-bond acceptors (Lipinski definition) is 5. The highest BCUT2D eigenvalue weighted by atomic mass is 16.7. The van der Waals surface area contributed by atoms with E-state index in [2.05, 4.69) is 10.1 Å². The number of morpholine rings is 1. The third kappa shape index (κ3) is 2.58. The number of hydrogen-bond donors (Lipinski definition) is 0. The number of benzene rings is 1. The fourth-order valence-corrected chi connectivity index (χ4v) is 2.29. The van der Waals surface area contributed by atoms with Crippen molar-refractivity contribution >= 4 is 11.7 Å². The fourth-order valence-electron chi connectivity index (χ4n) is 2.29. The average molecular weight is 272 g/mol. The Labute approximate surface area is 117 Å². The molecule has 5 nitrogen and oxygen atoms in total. The quantitative estimate of drug-likeness (QED) is 0.604. The number of rotatable bonds is 2. The highest BCUT2D eigenvalue weighted by molar-refractivity contribution is 6.28. The lowest BCUT2D eigenvalue weighted by molar-refractivity contribution is -0.137. The molecule has 0 unspecified atom stereocenters. The fraction of sp³-hybridized carbons (Fsp3) is 0.333. The molecule has 20 heavy (non-hydrogen) atoms. The summed E-state index contributed by atoms with van der Waals surface area (Å²) in [7, 11) is 0. The molecule has 0 aliphatic carbocycles. The summed E-state index contributed by atoms with van der Waals surface area (Å²) in [6.45, 7) is 4.91. The number of carbonyl (C=O) groups is 1. The topological polar surface area (TPSA) is 51.1 Å². The SMILES string of the molecule is Cc1cccc(C2=NOC(=O)/C2=C\N2CCOCC2)c1. The molecule has 104 valence electrons. The van der Waals surface area contributed by atoms with Crippen LogP contribution in [0.4, 0.5) is 0 Å². The molecular weight excluding hydrogens is 256 g/mol. The van der Waals surface area contributed by atoms with Gasteiger partial charge in [-0.1, -0.05) is 28.9 Å². The van der Waals surface area contributed by atoms with E-state index in [0.717, 1.165) is 24.2 Å². The van der Waals surface area contributed by atoms with Gasteiger partial charge in [0.15, 0.2) is 0 Å². The molecule has 2 aliphatic heterocycles. The minimum Gasteiger partial charge on any atom is -0.378 e. The first-order valence-corrected chi connectivity index (χ1v) is 6.64.